The summed E-state index contributed by atoms with van der Waals surface area (Å²) >= 11 is 0. The van der Waals surface area contributed by atoms with E-state index >= 15 is 0 Å². The molecule has 1 aromatic heterocycles. The van der Waals surface area contributed by atoms with Crippen molar-refractivity contribution in [2.45, 2.75) is 51.5 Å². The highest BCUT2D eigenvalue weighted by Gasteiger charge is 2.30. The van der Waals surface area contributed by atoms with Gasteiger partial charge in [0.1, 0.15) is 0 Å². The average Bonchev–Trinajstić information content (AvgIpc) is 3.33. The van der Waals surface area contributed by atoms with E-state index in [0.29, 0.717) is 29.1 Å². The van der Waals surface area contributed by atoms with Crippen molar-refractivity contribution in [1.29, 1.82) is 0 Å². The fraction of sp³-hybridized carbons (Fsp3) is 0.464. The Labute approximate surface area is 239 Å². The van der Waals surface area contributed by atoms with Crippen LogP contribution in [-0.4, -0.2) is 65.9 Å². The number of likely N-dealkylation sites (tertiary alicyclic amines) is 1. The number of anilines is 2. The summed E-state index contributed by atoms with van der Waals surface area (Å²) < 4.78 is 66.8. The van der Waals surface area contributed by atoms with E-state index in [0.717, 1.165) is 63.0 Å². The highest BCUT2D eigenvalue weighted by molar-refractivity contribution is 7.88. The molecule has 4 rings (SSSR count). The van der Waals surface area contributed by atoms with Crippen LogP contribution in [-0.2, 0) is 29.3 Å². The second kappa shape index (κ2) is 12.8. The lowest BCUT2D eigenvalue weighted by Crippen LogP contribution is -2.48. The van der Waals surface area contributed by atoms with Crippen LogP contribution in [0.2, 0.25) is 0 Å². The number of aryl methyl sites for hydroxylation is 1. The first-order chi connectivity index (χ1) is 19.4. The number of piperidine rings is 1. The Morgan fingerprint density at radius 1 is 1.05 bits per heavy atom. The minimum absolute atomic E-state index is 0.0840. The smallest absolute Gasteiger partial charge is 0.397 e. The molecule has 1 fully saturated rings. The van der Waals surface area contributed by atoms with Crippen LogP contribution >= 0.6 is 0 Å². The third-order valence-corrected chi connectivity index (χ3v) is 8.84. The van der Waals surface area contributed by atoms with Gasteiger partial charge in [-0.3, -0.25) is 4.68 Å². The summed E-state index contributed by atoms with van der Waals surface area (Å²) in [6.07, 6.45) is 1.12. The number of nitrogens with zero attached hydrogens (tertiary/aromatic N) is 5. The number of alkyl halides is 3. The summed E-state index contributed by atoms with van der Waals surface area (Å²) in [5.41, 5.74) is 8.45. The van der Waals surface area contributed by atoms with E-state index in [1.807, 2.05) is 24.3 Å². The van der Waals surface area contributed by atoms with Gasteiger partial charge in [-0.25, -0.2) is 14.3 Å². The molecule has 41 heavy (non-hydrogen) atoms. The largest absolute Gasteiger partial charge is 0.416 e. The maximum absolute atomic E-state index is 13.1. The Hall–Kier alpha value is -3.13. The third kappa shape index (κ3) is 7.79. The second-order valence-electron chi connectivity index (χ2n) is 10.4. The summed E-state index contributed by atoms with van der Waals surface area (Å²) in [5, 5.41) is 6.44. The Morgan fingerprint density at radius 3 is 2.29 bits per heavy atom. The number of aromatic nitrogens is 2. The van der Waals surface area contributed by atoms with Gasteiger partial charge in [-0.2, -0.15) is 22.6 Å². The first kappa shape index (κ1) is 30.8. The molecule has 9 nitrogen and oxygen atoms in total. The van der Waals surface area contributed by atoms with Gasteiger partial charge >= 0.3 is 6.18 Å². The summed E-state index contributed by atoms with van der Waals surface area (Å²) in [7, 11) is -3.47. The fourth-order valence-electron chi connectivity index (χ4n) is 5.20. The van der Waals surface area contributed by atoms with Gasteiger partial charge in [-0.05, 0) is 50.1 Å². The molecule has 3 aromatic rings. The number of hydrazine groups is 1. The van der Waals surface area contributed by atoms with Crippen molar-refractivity contribution in [2.24, 2.45) is 5.84 Å². The number of sulfonamides is 1. The van der Waals surface area contributed by atoms with Crippen LogP contribution < -0.4 is 16.6 Å². The molecule has 0 saturated carbocycles. The maximum atomic E-state index is 13.1. The number of nitrogens with two attached hydrogens (primary N) is 2. The van der Waals surface area contributed by atoms with E-state index in [1.54, 1.807) is 22.8 Å². The third-order valence-electron chi connectivity index (χ3n) is 7.52. The summed E-state index contributed by atoms with van der Waals surface area (Å²) in [4.78, 5) is 2.38. The van der Waals surface area contributed by atoms with Crippen molar-refractivity contribution < 1.29 is 21.6 Å². The van der Waals surface area contributed by atoms with Crippen molar-refractivity contribution in [3.63, 3.8) is 0 Å². The molecule has 1 aliphatic rings. The normalized spacial score (nSPS) is 15.5. The van der Waals surface area contributed by atoms with E-state index in [4.69, 9.17) is 11.6 Å². The van der Waals surface area contributed by atoms with Gasteiger partial charge < -0.3 is 15.6 Å². The highest BCUT2D eigenvalue weighted by atomic mass is 32.2. The fourth-order valence-corrected chi connectivity index (χ4v) is 6.05. The van der Waals surface area contributed by atoms with E-state index in [-0.39, 0.29) is 19.1 Å². The van der Waals surface area contributed by atoms with Crippen LogP contribution in [0.4, 0.5) is 24.5 Å². The molecule has 13 heteroatoms. The zero-order chi connectivity index (χ0) is 29.8. The van der Waals surface area contributed by atoms with E-state index in [1.165, 1.54) is 16.4 Å². The summed E-state index contributed by atoms with van der Waals surface area (Å²) in [6.45, 7) is 5.32. The average molecular weight is 594 g/mol. The summed E-state index contributed by atoms with van der Waals surface area (Å²) in [6, 6.07) is 12.6. The summed E-state index contributed by atoms with van der Waals surface area (Å²) in [5.74, 6) is 6.38. The number of nitrogen functional groups attached to an aromatic ring is 1. The predicted octanol–water partition coefficient (Wildman–Crippen LogP) is 4.17. The number of benzene rings is 2. The zero-order valence-electron chi connectivity index (χ0n) is 23.4. The van der Waals surface area contributed by atoms with Crippen LogP contribution in [0.5, 0.6) is 0 Å². The Balaban J connectivity index is 1.40. The molecule has 0 amide bonds. The van der Waals surface area contributed by atoms with Crippen molar-refractivity contribution in [3.8, 4) is 11.3 Å². The first-order valence-electron chi connectivity index (χ1n) is 13.7. The number of hydrogen-bond donors (Lipinski definition) is 2. The number of rotatable bonds is 11. The van der Waals surface area contributed by atoms with E-state index in [2.05, 4.69) is 10.00 Å². The number of para-hydroxylation sites is 2. The Bertz CT molecular complexity index is 1400. The molecule has 0 spiro atoms. The number of halogens is 3. The molecule has 0 aliphatic carbocycles. The van der Waals surface area contributed by atoms with Crippen molar-refractivity contribution in [3.05, 3.63) is 65.9 Å². The predicted molar refractivity (Wildman–Crippen MR) is 155 cm³/mol. The van der Waals surface area contributed by atoms with E-state index < -0.39 is 21.8 Å². The first-order valence-corrected chi connectivity index (χ1v) is 15.5. The topological polar surface area (TPSA) is 114 Å². The molecule has 0 radical (unpaired) electrons. The molecular formula is C28H38F3N7O2S. The SMILES string of the molecule is CCN(Cc1cn(CCCN2CCC(N(N)c3ccccc3N)CC2)nc1-c1ccc(C(F)(F)F)cc1)S(C)(=O)=O. The molecular weight excluding hydrogens is 555 g/mol. The molecule has 0 bridgehead atoms. The van der Waals surface area contributed by atoms with Crippen LogP contribution in [0, 0.1) is 0 Å². The van der Waals surface area contributed by atoms with Crippen LogP contribution in [0.3, 0.4) is 0 Å². The molecule has 2 heterocycles. The van der Waals surface area contributed by atoms with Crippen molar-refractivity contribution in [1.82, 2.24) is 19.0 Å². The molecule has 2 aromatic carbocycles. The minimum atomic E-state index is -4.44. The molecule has 1 saturated heterocycles. The second-order valence-corrected chi connectivity index (χ2v) is 12.4. The number of hydrogen-bond acceptors (Lipinski definition) is 7. The molecule has 1 aliphatic heterocycles. The molecule has 224 valence electrons. The zero-order valence-corrected chi connectivity index (χ0v) is 24.2. The van der Waals surface area contributed by atoms with Crippen LogP contribution in [0.1, 0.15) is 37.3 Å². The van der Waals surface area contributed by atoms with Crippen molar-refractivity contribution >= 4 is 21.4 Å². The van der Waals surface area contributed by atoms with E-state index in [9.17, 15) is 21.6 Å². The lowest BCUT2D eigenvalue weighted by Gasteiger charge is -2.37. The maximum Gasteiger partial charge on any atom is 0.416 e. The molecule has 0 atom stereocenters. The Kier molecular flexibility index (Phi) is 9.62. The lowest BCUT2D eigenvalue weighted by atomic mass is 10.0. The van der Waals surface area contributed by atoms with Gasteiger partial charge in [0.15, 0.2) is 0 Å². The Morgan fingerprint density at radius 2 is 1.71 bits per heavy atom. The molecule has 4 N–H and O–H groups in total. The van der Waals surface area contributed by atoms with Gasteiger partial charge in [-0.15, -0.1) is 0 Å². The highest BCUT2D eigenvalue weighted by Crippen LogP contribution is 2.32. The van der Waals surface area contributed by atoms with Gasteiger partial charge in [-0.1, -0.05) is 31.2 Å². The van der Waals surface area contributed by atoms with Crippen LogP contribution in [0.25, 0.3) is 11.3 Å². The lowest BCUT2D eigenvalue weighted by molar-refractivity contribution is -0.137. The minimum Gasteiger partial charge on any atom is -0.397 e. The quantitative estimate of drug-likeness (QED) is 0.195. The van der Waals surface area contributed by atoms with Crippen LogP contribution in [0.15, 0.2) is 54.7 Å². The molecule has 0 unspecified atom stereocenters. The standard InChI is InChI=1S/C28H38F3N7O2S/c1-3-37(41(2,39)40)20-22-19-36(34-27(22)21-9-11-23(12-10-21)28(29,30)31)16-6-15-35-17-13-24(14-18-35)38(33)26-8-5-4-7-25(26)32/h4-5,7-12,19,24H,3,6,13-18,20,32-33H2,1-2H3. The van der Waals surface area contributed by atoms with Gasteiger partial charge in [0.2, 0.25) is 10.0 Å². The van der Waals surface area contributed by atoms with Gasteiger partial charge in [0, 0.05) is 56.1 Å². The van der Waals surface area contributed by atoms with Gasteiger partial charge in [0.25, 0.3) is 0 Å². The van der Waals surface area contributed by atoms with Gasteiger partial charge in [0.05, 0.1) is 28.9 Å². The monoisotopic (exact) mass is 593 g/mol. The van der Waals surface area contributed by atoms with Crippen molar-refractivity contribution in [2.75, 3.05) is 43.2 Å².